The van der Waals surface area contributed by atoms with E-state index in [1.807, 2.05) is 0 Å². The van der Waals surface area contributed by atoms with E-state index in [1.54, 1.807) is 44.5 Å². The molecule has 33 heavy (non-hydrogen) atoms. The summed E-state index contributed by atoms with van der Waals surface area (Å²) in [5.74, 6) is 0. The van der Waals surface area contributed by atoms with E-state index in [9.17, 15) is 0 Å². The Morgan fingerprint density at radius 3 is 0.909 bits per heavy atom. The fraction of sp³-hybridized carbons (Fsp3) is 0.636. The normalized spacial score (nSPS) is 11.9. The van der Waals surface area contributed by atoms with Crippen molar-refractivity contribution in [2.45, 2.75) is 138 Å². The van der Waals surface area contributed by atoms with Gasteiger partial charge in [-0.15, -0.1) is 0 Å². The first kappa shape index (κ1) is 27.7. The second-order valence-electron chi connectivity index (χ2n) is 10.7. The highest BCUT2D eigenvalue weighted by molar-refractivity contribution is 5.52. The minimum atomic E-state index is 0.0233. The lowest BCUT2D eigenvalue weighted by Crippen LogP contribution is -2.24. The summed E-state index contributed by atoms with van der Waals surface area (Å²) in [7, 11) is 0. The van der Waals surface area contributed by atoms with Gasteiger partial charge in [-0.25, -0.2) is 0 Å². The third-order valence-electron chi connectivity index (χ3n) is 7.31. The van der Waals surface area contributed by atoms with Crippen molar-refractivity contribution in [1.82, 2.24) is 0 Å². The Bertz CT molecular complexity index is 797. The minimum Gasteiger partial charge on any atom is -0.0651 e. The molecule has 2 aromatic rings. The number of aryl methyl sites for hydroxylation is 6. The van der Waals surface area contributed by atoms with Gasteiger partial charge in [0, 0.05) is 5.41 Å². The van der Waals surface area contributed by atoms with Gasteiger partial charge in [0.1, 0.15) is 0 Å². The van der Waals surface area contributed by atoms with E-state index in [0.717, 1.165) is 0 Å². The van der Waals surface area contributed by atoms with Gasteiger partial charge in [0.2, 0.25) is 0 Å². The van der Waals surface area contributed by atoms with Crippen LogP contribution in [0.25, 0.3) is 0 Å². The Hall–Kier alpha value is -1.56. The SMILES string of the molecule is CCCc1cc(CCC)c(C(C)(C)c2cc(CCC)c(CCC)cc2CCC)cc1CCC. The molecule has 0 bridgehead atoms. The van der Waals surface area contributed by atoms with Gasteiger partial charge in [0.15, 0.2) is 0 Å². The topological polar surface area (TPSA) is 0 Å². The molecule has 0 saturated carbocycles. The van der Waals surface area contributed by atoms with Gasteiger partial charge in [-0.3, -0.25) is 0 Å². The van der Waals surface area contributed by atoms with Gasteiger partial charge in [-0.05, 0) is 83.0 Å². The molecule has 0 nitrogen and oxygen atoms in total. The van der Waals surface area contributed by atoms with E-state index in [4.69, 9.17) is 0 Å². The first-order valence-corrected chi connectivity index (χ1v) is 14.2. The first-order valence-electron chi connectivity index (χ1n) is 14.2. The van der Waals surface area contributed by atoms with Crippen LogP contribution in [0.1, 0.15) is 138 Å². The highest BCUT2D eigenvalue weighted by Crippen LogP contribution is 2.40. The maximum atomic E-state index is 2.62. The summed E-state index contributed by atoms with van der Waals surface area (Å²) >= 11 is 0. The van der Waals surface area contributed by atoms with Crippen molar-refractivity contribution in [2.75, 3.05) is 0 Å². The molecule has 0 radical (unpaired) electrons. The van der Waals surface area contributed by atoms with Gasteiger partial charge in [0.05, 0.1) is 0 Å². The zero-order valence-electron chi connectivity index (χ0n) is 23.3. The van der Waals surface area contributed by atoms with Crippen molar-refractivity contribution < 1.29 is 0 Å². The Balaban J connectivity index is 2.77. The van der Waals surface area contributed by atoms with Gasteiger partial charge in [-0.2, -0.15) is 0 Å². The van der Waals surface area contributed by atoms with Crippen molar-refractivity contribution in [2.24, 2.45) is 0 Å². The molecule has 0 unspecified atom stereocenters. The molecule has 0 heteroatoms. The zero-order chi connectivity index (χ0) is 24.4. The van der Waals surface area contributed by atoms with Crippen LogP contribution < -0.4 is 0 Å². The second-order valence-corrected chi connectivity index (χ2v) is 10.7. The first-order chi connectivity index (χ1) is 15.9. The van der Waals surface area contributed by atoms with E-state index in [2.05, 4.69) is 79.7 Å². The van der Waals surface area contributed by atoms with Crippen molar-refractivity contribution in [3.8, 4) is 0 Å². The van der Waals surface area contributed by atoms with Gasteiger partial charge in [-0.1, -0.05) is 118 Å². The summed E-state index contributed by atoms with van der Waals surface area (Å²) in [6, 6.07) is 10.4. The fourth-order valence-electron chi connectivity index (χ4n) is 5.75. The summed E-state index contributed by atoms with van der Waals surface area (Å²) in [5, 5.41) is 0. The average Bonchev–Trinajstić information content (AvgIpc) is 2.77. The average molecular weight is 449 g/mol. The van der Waals surface area contributed by atoms with Crippen LogP contribution in [-0.2, 0) is 43.9 Å². The molecule has 2 aromatic carbocycles. The lowest BCUT2D eigenvalue weighted by Gasteiger charge is -2.33. The fourth-order valence-corrected chi connectivity index (χ4v) is 5.75. The molecule has 0 heterocycles. The molecule has 0 spiro atoms. The molecular formula is C33H52. The van der Waals surface area contributed by atoms with E-state index in [1.165, 1.54) is 77.0 Å². The number of hydrogen-bond acceptors (Lipinski definition) is 0. The summed E-state index contributed by atoms with van der Waals surface area (Å²) in [6.45, 7) is 18.9. The van der Waals surface area contributed by atoms with Crippen LogP contribution in [0.2, 0.25) is 0 Å². The number of hydrogen-bond donors (Lipinski definition) is 0. The van der Waals surface area contributed by atoms with Crippen LogP contribution >= 0.6 is 0 Å². The summed E-state index contributed by atoms with van der Waals surface area (Å²) in [6.07, 6.45) is 14.5. The predicted molar refractivity (Wildman–Crippen MR) is 149 cm³/mol. The lowest BCUT2D eigenvalue weighted by molar-refractivity contribution is 0.614. The third-order valence-corrected chi connectivity index (χ3v) is 7.31. The predicted octanol–water partition coefficient (Wildman–Crippen LogP) is 9.73. The lowest BCUT2D eigenvalue weighted by atomic mass is 9.71. The molecule has 184 valence electrons. The molecular weight excluding hydrogens is 396 g/mol. The van der Waals surface area contributed by atoms with Crippen LogP contribution in [0, 0.1) is 0 Å². The van der Waals surface area contributed by atoms with Crippen LogP contribution in [-0.4, -0.2) is 0 Å². The molecule has 0 amide bonds. The zero-order valence-corrected chi connectivity index (χ0v) is 23.3. The molecule has 0 aliphatic heterocycles. The third kappa shape index (κ3) is 6.74. The number of benzene rings is 2. The largest absolute Gasteiger partial charge is 0.0651 e. The summed E-state index contributed by atoms with van der Waals surface area (Å²) < 4.78 is 0. The molecule has 0 atom stereocenters. The van der Waals surface area contributed by atoms with E-state index < -0.39 is 0 Å². The molecule has 0 N–H and O–H groups in total. The van der Waals surface area contributed by atoms with E-state index >= 15 is 0 Å². The van der Waals surface area contributed by atoms with Gasteiger partial charge < -0.3 is 0 Å². The van der Waals surface area contributed by atoms with Crippen LogP contribution in [0.15, 0.2) is 24.3 Å². The highest BCUT2D eigenvalue weighted by Gasteiger charge is 2.30. The standard InChI is InChI=1S/C33H52/c1-9-15-25-21-29(19-13-5)31(23-27(25)17-11-3)33(7,8)32-24-28(18-12-4)26(16-10-2)22-30(32)20-14-6/h21-24H,9-20H2,1-8H3. The molecule has 0 aliphatic carbocycles. The summed E-state index contributed by atoms with van der Waals surface area (Å²) in [5.41, 5.74) is 12.7. The molecule has 0 saturated heterocycles. The Labute approximate surface area is 206 Å². The van der Waals surface area contributed by atoms with Crippen LogP contribution in [0.4, 0.5) is 0 Å². The molecule has 0 fully saturated rings. The second kappa shape index (κ2) is 13.4. The van der Waals surface area contributed by atoms with Crippen molar-refractivity contribution in [3.05, 3.63) is 68.8 Å². The van der Waals surface area contributed by atoms with Crippen molar-refractivity contribution in [1.29, 1.82) is 0 Å². The molecule has 0 aromatic heterocycles. The Morgan fingerprint density at radius 2 is 0.636 bits per heavy atom. The summed E-state index contributed by atoms with van der Waals surface area (Å²) in [4.78, 5) is 0. The van der Waals surface area contributed by atoms with Gasteiger partial charge in [0.25, 0.3) is 0 Å². The van der Waals surface area contributed by atoms with E-state index in [0.29, 0.717) is 0 Å². The van der Waals surface area contributed by atoms with Crippen molar-refractivity contribution >= 4 is 0 Å². The van der Waals surface area contributed by atoms with Crippen LogP contribution in [0.5, 0.6) is 0 Å². The maximum Gasteiger partial charge on any atom is 0.0152 e. The monoisotopic (exact) mass is 448 g/mol. The van der Waals surface area contributed by atoms with E-state index in [-0.39, 0.29) is 5.41 Å². The van der Waals surface area contributed by atoms with Crippen molar-refractivity contribution in [3.63, 3.8) is 0 Å². The molecule has 2 rings (SSSR count). The van der Waals surface area contributed by atoms with Gasteiger partial charge >= 0.3 is 0 Å². The quantitative estimate of drug-likeness (QED) is 0.270. The maximum absolute atomic E-state index is 2.62. The smallest absolute Gasteiger partial charge is 0.0152 e. The Morgan fingerprint density at radius 1 is 0.394 bits per heavy atom. The van der Waals surface area contributed by atoms with Crippen LogP contribution in [0.3, 0.4) is 0 Å². The minimum absolute atomic E-state index is 0.0233. The highest BCUT2D eigenvalue weighted by atomic mass is 14.3. The molecule has 0 aliphatic rings. The number of rotatable bonds is 14. The Kier molecular flexibility index (Phi) is 11.2.